The first kappa shape index (κ1) is 14.5. The van der Waals surface area contributed by atoms with Crippen LogP contribution >= 0.6 is 11.3 Å². The van der Waals surface area contributed by atoms with Crippen molar-refractivity contribution in [1.82, 2.24) is 9.55 Å². The van der Waals surface area contributed by atoms with Crippen molar-refractivity contribution in [2.45, 2.75) is 33.2 Å². The predicted octanol–water partition coefficient (Wildman–Crippen LogP) is 1.99. The van der Waals surface area contributed by atoms with Gasteiger partial charge in [0.2, 0.25) is 0 Å². The molecule has 2 aromatic heterocycles. The van der Waals surface area contributed by atoms with E-state index in [0.29, 0.717) is 18.7 Å². The molecule has 6 heteroatoms. The normalized spacial score (nSPS) is 10.7. The monoisotopic (exact) mass is 292 g/mol. The lowest BCUT2D eigenvalue weighted by Crippen LogP contribution is -2.28. The molecule has 0 saturated heterocycles. The highest BCUT2D eigenvalue weighted by Crippen LogP contribution is 2.15. The number of aromatic nitrogens is 2. The topological polar surface area (TPSA) is 72.2 Å². The third-order valence-electron chi connectivity index (χ3n) is 3.26. The van der Waals surface area contributed by atoms with Crippen molar-refractivity contribution >= 4 is 17.3 Å². The quantitative estimate of drug-likeness (QED) is 0.914. The summed E-state index contributed by atoms with van der Waals surface area (Å²) in [5.41, 5.74) is 1.99. The molecule has 0 spiro atoms. The van der Waals surface area contributed by atoms with Crippen molar-refractivity contribution in [2.75, 3.05) is 0 Å². The van der Waals surface area contributed by atoms with Gasteiger partial charge in [-0.1, -0.05) is 6.07 Å². The standard InChI is InChI=1S/C14H16N2O3S/c1-9-12(5-6-13(17)18)10(2)16(14(19)15-9)8-11-4-3-7-20-11/h3-4,7H,5-6,8H2,1-2H3,(H,17,18). The summed E-state index contributed by atoms with van der Waals surface area (Å²) in [5.74, 6) is -0.847. The van der Waals surface area contributed by atoms with Crippen LogP contribution in [0.4, 0.5) is 0 Å². The van der Waals surface area contributed by atoms with Crippen LogP contribution in [0.1, 0.15) is 28.2 Å². The van der Waals surface area contributed by atoms with Crippen LogP contribution < -0.4 is 5.69 Å². The van der Waals surface area contributed by atoms with Gasteiger partial charge in [-0.25, -0.2) is 4.79 Å². The van der Waals surface area contributed by atoms with E-state index in [9.17, 15) is 9.59 Å². The van der Waals surface area contributed by atoms with Crippen molar-refractivity contribution in [3.8, 4) is 0 Å². The van der Waals surface area contributed by atoms with Gasteiger partial charge in [-0.15, -0.1) is 11.3 Å². The van der Waals surface area contributed by atoms with Gasteiger partial charge in [-0.05, 0) is 37.3 Å². The maximum atomic E-state index is 12.0. The van der Waals surface area contributed by atoms with E-state index in [1.807, 2.05) is 24.4 Å². The van der Waals surface area contributed by atoms with E-state index in [1.54, 1.807) is 22.8 Å². The first-order chi connectivity index (χ1) is 9.49. The fraction of sp³-hybridized carbons (Fsp3) is 0.357. The number of hydrogen-bond acceptors (Lipinski definition) is 4. The minimum absolute atomic E-state index is 0.0422. The maximum Gasteiger partial charge on any atom is 0.348 e. The highest BCUT2D eigenvalue weighted by atomic mass is 32.1. The Morgan fingerprint density at radius 1 is 1.45 bits per heavy atom. The van der Waals surface area contributed by atoms with Crippen LogP contribution in [0.15, 0.2) is 22.3 Å². The largest absolute Gasteiger partial charge is 0.481 e. The van der Waals surface area contributed by atoms with Gasteiger partial charge in [0.25, 0.3) is 0 Å². The number of aliphatic carboxylic acids is 1. The van der Waals surface area contributed by atoms with E-state index in [4.69, 9.17) is 5.11 Å². The van der Waals surface area contributed by atoms with Gasteiger partial charge in [0, 0.05) is 22.7 Å². The van der Waals surface area contributed by atoms with Crippen LogP contribution in [0.2, 0.25) is 0 Å². The van der Waals surface area contributed by atoms with Crippen LogP contribution in [0, 0.1) is 13.8 Å². The number of carboxylic acids is 1. The molecule has 2 heterocycles. The zero-order valence-corrected chi connectivity index (χ0v) is 12.2. The molecule has 1 N–H and O–H groups in total. The molecule has 0 fully saturated rings. The van der Waals surface area contributed by atoms with Crippen LogP contribution in [0.25, 0.3) is 0 Å². The fourth-order valence-electron chi connectivity index (χ4n) is 2.18. The number of nitrogens with zero attached hydrogens (tertiary/aromatic N) is 2. The van der Waals surface area contributed by atoms with Crippen LogP contribution in [0.3, 0.4) is 0 Å². The molecule has 0 amide bonds. The predicted molar refractivity (Wildman–Crippen MR) is 77.3 cm³/mol. The van der Waals surface area contributed by atoms with Crippen LogP contribution in [-0.4, -0.2) is 20.6 Å². The summed E-state index contributed by atoms with van der Waals surface area (Å²) in [6, 6.07) is 3.90. The molecule has 0 aliphatic carbocycles. The van der Waals surface area contributed by atoms with Crippen molar-refractivity contribution in [2.24, 2.45) is 0 Å². The van der Waals surface area contributed by atoms with Gasteiger partial charge in [-0.3, -0.25) is 9.36 Å². The number of rotatable bonds is 5. The summed E-state index contributed by atoms with van der Waals surface area (Å²) in [5, 5.41) is 10.8. The summed E-state index contributed by atoms with van der Waals surface area (Å²) in [6.45, 7) is 4.08. The Kier molecular flexibility index (Phi) is 4.34. The molecule has 0 aromatic carbocycles. The minimum Gasteiger partial charge on any atom is -0.481 e. The van der Waals surface area contributed by atoms with E-state index < -0.39 is 5.97 Å². The SMILES string of the molecule is Cc1nc(=O)n(Cc2cccs2)c(C)c1CCC(=O)O. The number of hydrogen-bond donors (Lipinski definition) is 1. The molecule has 2 rings (SSSR count). The Balaban J connectivity index is 2.38. The van der Waals surface area contributed by atoms with Gasteiger partial charge in [-0.2, -0.15) is 4.98 Å². The van der Waals surface area contributed by atoms with E-state index in [-0.39, 0.29) is 12.1 Å². The van der Waals surface area contributed by atoms with E-state index in [2.05, 4.69) is 4.98 Å². The highest BCUT2D eigenvalue weighted by Gasteiger charge is 2.13. The molecule has 0 saturated carbocycles. The second kappa shape index (κ2) is 6.00. The summed E-state index contributed by atoms with van der Waals surface area (Å²) in [7, 11) is 0. The van der Waals surface area contributed by atoms with Crippen molar-refractivity contribution in [3.05, 3.63) is 49.8 Å². The van der Waals surface area contributed by atoms with Crippen LogP contribution in [-0.2, 0) is 17.8 Å². The lowest BCUT2D eigenvalue weighted by atomic mass is 10.1. The molecular weight excluding hydrogens is 276 g/mol. The molecule has 5 nitrogen and oxygen atoms in total. The second-order valence-corrected chi connectivity index (χ2v) is 5.64. The highest BCUT2D eigenvalue weighted by molar-refractivity contribution is 7.09. The van der Waals surface area contributed by atoms with Crippen molar-refractivity contribution < 1.29 is 9.90 Å². The number of carboxylic acid groups (broad SMARTS) is 1. The molecule has 106 valence electrons. The smallest absolute Gasteiger partial charge is 0.348 e. The molecule has 0 bridgehead atoms. The molecule has 20 heavy (non-hydrogen) atoms. The molecule has 0 unspecified atom stereocenters. The third-order valence-corrected chi connectivity index (χ3v) is 4.12. The summed E-state index contributed by atoms with van der Waals surface area (Å²) < 4.78 is 1.61. The van der Waals surface area contributed by atoms with Gasteiger partial charge in [0.15, 0.2) is 0 Å². The Morgan fingerprint density at radius 3 is 2.80 bits per heavy atom. The first-order valence-electron chi connectivity index (χ1n) is 6.30. The maximum absolute atomic E-state index is 12.0. The Labute approximate surface area is 120 Å². The van der Waals surface area contributed by atoms with E-state index >= 15 is 0 Å². The van der Waals surface area contributed by atoms with E-state index in [1.165, 1.54) is 0 Å². The molecule has 0 atom stereocenters. The average molecular weight is 292 g/mol. The number of carbonyl (C=O) groups is 1. The van der Waals surface area contributed by atoms with Crippen LogP contribution in [0.5, 0.6) is 0 Å². The summed E-state index contributed by atoms with van der Waals surface area (Å²) in [4.78, 5) is 27.8. The minimum atomic E-state index is -0.847. The summed E-state index contributed by atoms with van der Waals surface area (Å²) >= 11 is 1.58. The van der Waals surface area contributed by atoms with Gasteiger partial charge in [0.1, 0.15) is 0 Å². The molecule has 0 aliphatic rings. The lowest BCUT2D eigenvalue weighted by Gasteiger charge is -2.14. The second-order valence-electron chi connectivity index (χ2n) is 4.60. The average Bonchev–Trinajstić information content (AvgIpc) is 2.86. The molecule has 0 radical (unpaired) electrons. The first-order valence-corrected chi connectivity index (χ1v) is 7.18. The Morgan fingerprint density at radius 2 is 2.20 bits per heavy atom. The Bertz CT molecular complexity index is 674. The zero-order chi connectivity index (χ0) is 14.7. The fourth-order valence-corrected chi connectivity index (χ4v) is 2.87. The van der Waals surface area contributed by atoms with Gasteiger partial charge < -0.3 is 5.11 Å². The molecular formula is C14H16N2O3S. The van der Waals surface area contributed by atoms with Gasteiger partial charge in [0.05, 0.1) is 6.54 Å². The van der Waals surface area contributed by atoms with Gasteiger partial charge >= 0.3 is 11.7 Å². The number of aryl methyl sites for hydroxylation is 1. The van der Waals surface area contributed by atoms with Crippen molar-refractivity contribution in [3.63, 3.8) is 0 Å². The Hall–Kier alpha value is -1.95. The van der Waals surface area contributed by atoms with E-state index in [0.717, 1.165) is 16.1 Å². The lowest BCUT2D eigenvalue weighted by molar-refractivity contribution is -0.136. The zero-order valence-electron chi connectivity index (χ0n) is 11.4. The molecule has 2 aromatic rings. The third kappa shape index (κ3) is 3.14. The summed E-state index contributed by atoms with van der Waals surface area (Å²) in [6.07, 6.45) is 0.436. The van der Waals surface area contributed by atoms with Crippen molar-refractivity contribution in [1.29, 1.82) is 0 Å². The molecule has 0 aliphatic heterocycles. The number of thiophene rings is 1.